The van der Waals surface area contributed by atoms with Crippen LogP contribution in [0.25, 0.3) is 0 Å². The monoisotopic (exact) mass is 246 g/mol. The lowest BCUT2D eigenvalue weighted by Crippen LogP contribution is -2.24. The Bertz CT molecular complexity index is 558. The number of aliphatic hydroxyl groups excluding tert-OH is 1. The molecule has 2 aliphatic carbocycles. The van der Waals surface area contributed by atoms with Crippen LogP contribution in [0.15, 0.2) is 33.8 Å². The van der Waals surface area contributed by atoms with E-state index >= 15 is 0 Å². The Morgan fingerprint density at radius 3 is 2.72 bits per heavy atom. The molecule has 0 saturated heterocycles. The van der Waals surface area contributed by atoms with Crippen molar-refractivity contribution in [1.82, 2.24) is 0 Å². The Morgan fingerprint density at radius 2 is 2.06 bits per heavy atom. The highest BCUT2D eigenvalue weighted by Gasteiger charge is 2.47. The van der Waals surface area contributed by atoms with Crippen molar-refractivity contribution < 1.29 is 14.6 Å². The average Bonchev–Trinajstić information content (AvgIpc) is 2.57. The Kier molecular flexibility index (Phi) is 2.11. The summed E-state index contributed by atoms with van der Waals surface area (Å²) in [6.45, 7) is 7.86. The summed E-state index contributed by atoms with van der Waals surface area (Å²) < 4.78 is 5.99. The van der Waals surface area contributed by atoms with Gasteiger partial charge in [-0.1, -0.05) is 6.92 Å². The number of carbonyl (C=O) groups excluding carboxylic acids is 1. The van der Waals surface area contributed by atoms with Gasteiger partial charge < -0.3 is 9.84 Å². The maximum Gasteiger partial charge on any atom is 0.227 e. The van der Waals surface area contributed by atoms with Gasteiger partial charge in [-0.15, -0.1) is 0 Å². The summed E-state index contributed by atoms with van der Waals surface area (Å²) in [4.78, 5) is 12.1. The number of hydrogen-bond donors (Lipinski definition) is 1. The lowest BCUT2D eigenvalue weighted by molar-refractivity contribution is -0.115. The SMILES string of the molecule is CC1=C2OC(C)(C)C3=C2C(=C(O)C1=O)[C@H](C)CC3. The number of hydrogen-bond acceptors (Lipinski definition) is 3. The highest BCUT2D eigenvalue weighted by Crippen LogP contribution is 2.52. The molecule has 1 aliphatic heterocycles. The first-order valence-electron chi connectivity index (χ1n) is 6.46. The molecule has 1 atom stereocenters. The number of aliphatic hydroxyl groups is 1. The summed E-state index contributed by atoms with van der Waals surface area (Å²) in [5.74, 6) is 0.555. The summed E-state index contributed by atoms with van der Waals surface area (Å²) in [7, 11) is 0. The zero-order valence-electron chi connectivity index (χ0n) is 11.3. The normalized spacial score (nSPS) is 29.8. The molecule has 0 amide bonds. The number of ketones is 1. The number of ether oxygens (including phenoxy) is 1. The molecule has 0 spiro atoms. The van der Waals surface area contributed by atoms with Crippen LogP contribution >= 0.6 is 0 Å². The highest BCUT2D eigenvalue weighted by molar-refractivity contribution is 6.10. The highest BCUT2D eigenvalue weighted by atomic mass is 16.5. The smallest absolute Gasteiger partial charge is 0.227 e. The van der Waals surface area contributed by atoms with Gasteiger partial charge in [-0.25, -0.2) is 0 Å². The molecule has 1 heterocycles. The third kappa shape index (κ3) is 1.22. The van der Waals surface area contributed by atoms with Crippen molar-refractivity contribution in [3.8, 4) is 0 Å². The number of rotatable bonds is 0. The summed E-state index contributed by atoms with van der Waals surface area (Å²) in [5.41, 5.74) is 3.20. The molecule has 0 aromatic carbocycles. The van der Waals surface area contributed by atoms with Gasteiger partial charge in [-0.3, -0.25) is 4.79 Å². The fourth-order valence-electron chi connectivity index (χ4n) is 3.29. The quantitative estimate of drug-likeness (QED) is 0.714. The molecule has 3 aliphatic rings. The number of Topliss-reactive ketones (excluding diaryl/α,β-unsaturated/α-hetero) is 1. The van der Waals surface area contributed by atoms with Crippen molar-refractivity contribution in [2.75, 3.05) is 0 Å². The molecule has 0 unspecified atom stereocenters. The van der Waals surface area contributed by atoms with Crippen LogP contribution < -0.4 is 0 Å². The predicted octanol–water partition coefficient (Wildman–Crippen LogP) is 3.19. The van der Waals surface area contributed by atoms with Gasteiger partial charge in [0.15, 0.2) is 5.76 Å². The van der Waals surface area contributed by atoms with Crippen LogP contribution in [0, 0.1) is 5.92 Å². The number of allylic oxidation sites excluding steroid dienone is 2. The van der Waals surface area contributed by atoms with Gasteiger partial charge in [0, 0.05) is 16.7 Å². The van der Waals surface area contributed by atoms with Gasteiger partial charge >= 0.3 is 0 Å². The van der Waals surface area contributed by atoms with Crippen molar-refractivity contribution >= 4 is 5.78 Å². The zero-order valence-corrected chi connectivity index (χ0v) is 11.3. The molecule has 1 N–H and O–H groups in total. The molecule has 0 bridgehead atoms. The molecular weight excluding hydrogens is 228 g/mol. The van der Waals surface area contributed by atoms with E-state index in [1.54, 1.807) is 6.92 Å². The van der Waals surface area contributed by atoms with Gasteiger partial charge in [0.1, 0.15) is 11.4 Å². The van der Waals surface area contributed by atoms with E-state index < -0.39 is 0 Å². The maximum absolute atomic E-state index is 12.1. The molecule has 0 saturated carbocycles. The maximum atomic E-state index is 12.1. The van der Waals surface area contributed by atoms with E-state index in [0.717, 1.165) is 24.0 Å². The summed E-state index contributed by atoms with van der Waals surface area (Å²) in [6.07, 6.45) is 1.94. The topological polar surface area (TPSA) is 46.5 Å². The van der Waals surface area contributed by atoms with E-state index in [1.807, 2.05) is 13.8 Å². The van der Waals surface area contributed by atoms with Crippen LogP contribution in [0.1, 0.15) is 40.5 Å². The molecule has 0 aromatic heterocycles. The van der Waals surface area contributed by atoms with E-state index in [4.69, 9.17) is 4.74 Å². The summed E-state index contributed by atoms with van der Waals surface area (Å²) in [5, 5.41) is 10.2. The number of carbonyl (C=O) groups is 1. The Labute approximate surface area is 107 Å². The molecule has 0 aromatic rings. The van der Waals surface area contributed by atoms with E-state index in [2.05, 4.69) is 6.92 Å². The second-order valence-electron chi connectivity index (χ2n) is 5.95. The van der Waals surface area contributed by atoms with Gasteiger partial charge in [0.2, 0.25) is 5.78 Å². The molecule has 18 heavy (non-hydrogen) atoms. The molecule has 96 valence electrons. The second kappa shape index (κ2) is 3.28. The summed E-state index contributed by atoms with van der Waals surface area (Å²) in [6, 6.07) is 0. The standard InChI is InChI=1S/C15H18O3/c1-7-5-6-9-11-10(7)13(17)12(16)8(2)14(11)18-15(9,3)4/h7,17H,5-6H2,1-4H3/t7-/m1/s1. The molecule has 3 heteroatoms. The van der Waals surface area contributed by atoms with Crippen LogP contribution in [0.5, 0.6) is 0 Å². The Balaban J connectivity index is 2.34. The van der Waals surface area contributed by atoms with Gasteiger partial charge in [-0.05, 0) is 45.1 Å². The molecule has 3 nitrogen and oxygen atoms in total. The fraction of sp³-hybridized carbons (Fsp3) is 0.533. The zero-order chi connectivity index (χ0) is 13.2. The Hall–Kier alpha value is -1.51. The van der Waals surface area contributed by atoms with E-state index in [-0.39, 0.29) is 23.1 Å². The van der Waals surface area contributed by atoms with Crippen LogP contribution in [0.3, 0.4) is 0 Å². The minimum Gasteiger partial charge on any atom is -0.504 e. The second-order valence-corrected chi connectivity index (χ2v) is 5.95. The first-order valence-corrected chi connectivity index (χ1v) is 6.46. The molecule has 3 rings (SSSR count). The van der Waals surface area contributed by atoms with Crippen molar-refractivity contribution in [2.24, 2.45) is 5.92 Å². The predicted molar refractivity (Wildman–Crippen MR) is 67.9 cm³/mol. The van der Waals surface area contributed by atoms with Crippen molar-refractivity contribution in [3.63, 3.8) is 0 Å². The van der Waals surface area contributed by atoms with Crippen molar-refractivity contribution in [1.29, 1.82) is 0 Å². The largest absolute Gasteiger partial charge is 0.504 e. The third-order valence-corrected chi connectivity index (χ3v) is 4.35. The first-order chi connectivity index (χ1) is 8.34. The fourth-order valence-corrected chi connectivity index (χ4v) is 3.29. The lowest BCUT2D eigenvalue weighted by Gasteiger charge is -2.28. The molecule has 0 radical (unpaired) electrons. The Morgan fingerprint density at radius 1 is 1.39 bits per heavy atom. The minimum atomic E-state index is -0.359. The third-order valence-electron chi connectivity index (χ3n) is 4.35. The van der Waals surface area contributed by atoms with E-state index in [9.17, 15) is 9.90 Å². The molecule has 0 fully saturated rings. The van der Waals surface area contributed by atoms with Crippen LogP contribution in [0.4, 0.5) is 0 Å². The van der Waals surface area contributed by atoms with Crippen molar-refractivity contribution in [2.45, 2.75) is 46.1 Å². The van der Waals surface area contributed by atoms with E-state index in [0.29, 0.717) is 11.3 Å². The molecular formula is C15H18O3. The van der Waals surface area contributed by atoms with Crippen molar-refractivity contribution in [3.05, 3.63) is 33.8 Å². The van der Waals surface area contributed by atoms with Gasteiger partial charge in [0.25, 0.3) is 0 Å². The van der Waals surface area contributed by atoms with Crippen LogP contribution in [0.2, 0.25) is 0 Å². The summed E-state index contributed by atoms with van der Waals surface area (Å²) >= 11 is 0. The first kappa shape index (κ1) is 11.6. The van der Waals surface area contributed by atoms with E-state index in [1.165, 1.54) is 5.57 Å². The van der Waals surface area contributed by atoms with Crippen LogP contribution in [-0.4, -0.2) is 16.5 Å². The van der Waals surface area contributed by atoms with Crippen LogP contribution in [-0.2, 0) is 9.53 Å². The van der Waals surface area contributed by atoms with Gasteiger partial charge in [-0.2, -0.15) is 0 Å². The lowest BCUT2D eigenvalue weighted by atomic mass is 9.73. The minimum absolute atomic E-state index is 0.0720. The average molecular weight is 246 g/mol. The van der Waals surface area contributed by atoms with Gasteiger partial charge in [0.05, 0.1) is 0 Å².